The second-order valence-electron chi connectivity index (χ2n) is 8.59. The third-order valence-electron chi connectivity index (χ3n) is 6.13. The Morgan fingerprint density at radius 3 is 2.54 bits per heavy atom. The predicted octanol–water partition coefficient (Wildman–Crippen LogP) is 3.02. The first-order chi connectivity index (χ1) is 17.0. The number of likely N-dealkylation sites (N-methyl/N-ethyl adjacent to an activating group) is 1. The Labute approximate surface area is 201 Å². The van der Waals surface area contributed by atoms with E-state index in [2.05, 4.69) is 37.2 Å². The highest BCUT2D eigenvalue weighted by Gasteiger charge is 2.21. The number of anilines is 1. The predicted molar refractivity (Wildman–Crippen MR) is 131 cm³/mol. The van der Waals surface area contributed by atoms with E-state index in [1.165, 1.54) is 0 Å². The first-order valence-corrected chi connectivity index (χ1v) is 11.3. The molecule has 4 aromatic rings. The zero-order valence-electron chi connectivity index (χ0n) is 19.3. The number of nitrogens with zero attached hydrogens (tertiary/aromatic N) is 6. The van der Waals surface area contributed by atoms with Gasteiger partial charge in [0.1, 0.15) is 0 Å². The number of piperazine rings is 1. The van der Waals surface area contributed by atoms with Crippen LogP contribution in [-0.2, 0) is 6.54 Å². The normalized spacial score (nSPS) is 14.8. The van der Waals surface area contributed by atoms with E-state index in [9.17, 15) is 14.7 Å². The van der Waals surface area contributed by atoms with E-state index in [1.807, 2.05) is 18.2 Å². The Morgan fingerprint density at radius 2 is 1.86 bits per heavy atom. The van der Waals surface area contributed by atoms with Crippen molar-refractivity contribution in [3.05, 3.63) is 72.4 Å². The van der Waals surface area contributed by atoms with Crippen LogP contribution >= 0.6 is 0 Å². The van der Waals surface area contributed by atoms with Gasteiger partial charge < -0.3 is 15.3 Å². The molecule has 1 amide bonds. The van der Waals surface area contributed by atoms with Crippen LogP contribution in [0.2, 0.25) is 0 Å². The molecule has 1 aliphatic rings. The Kier molecular flexibility index (Phi) is 6.21. The molecule has 0 saturated carbocycles. The molecular weight excluding hydrogens is 446 g/mol. The van der Waals surface area contributed by atoms with Crippen LogP contribution in [0.4, 0.5) is 10.5 Å². The fourth-order valence-electron chi connectivity index (χ4n) is 4.15. The van der Waals surface area contributed by atoms with Gasteiger partial charge in [-0.3, -0.25) is 14.9 Å². The topological polar surface area (TPSA) is 116 Å². The molecule has 5 rings (SSSR count). The number of amides is 1. The number of carboxylic acid groups (broad SMARTS) is 1. The Hall–Kier alpha value is -4.15. The van der Waals surface area contributed by atoms with Gasteiger partial charge >= 0.3 is 12.0 Å². The van der Waals surface area contributed by atoms with Crippen molar-refractivity contribution in [3.8, 4) is 11.1 Å². The summed E-state index contributed by atoms with van der Waals surface area (Å²) in [5.41, 5.74) is 3.26. The number of pyridine rings is 2. The lowest BCUT2D eigenvalue weighted by Crippen LogP contribution is -2.43. The van der Waals surface area contributed by atoms with E-state index in [4.69, 9.17) is 0 Å². The first kappa shape index (κ1) is 22.6. The second-order valence-corrected chi connectivity index (χ2v) is 8.59. The Bertz CT molecular complexity index is 1360. The van der Waals surface area contributed by atoms with Crippen molar-refractivity contribution in [1.82, 2.24) is 29.5 Å². The smallest absolute Gasteiger partial charge is 0.357 e. The quantitative estimate of drug-likeness (QED) is 0.456. The maximum atomic E-state index is 13.0. The fraction of sp³-hybridized carbons (Fsp3) is 0.240. The molecule has 4 heterocycles. The van der Waals surface area contributed by atoms with Gasteiger partial charge in [0.05, 0.1) is 23.1 Å². The first-order valence-electron chi connectivity index (χ1n) is 11.3. The van der Waals surface area contributed by atoms with Gasteiger partial charge in [0.15, 0.2) is 5.69 Å². The van der Waals surface area contributed by atoms with Crippen LogP contribution in [0.3, 0.4) is 0 Å². The van der Waals surface area contributed by atoms with Gasteiger partial charge in [0, 0.05) is 56.1 Å². The van der Waals surface area contributed by atoms with E-state index < -0.39 is 12.0 Å². The molecule has 1 aromatic carbocycles. The van der Waals surface area contributed by atoms with Crippen molar-refractivity contribution in [2.75, 3.05) is 38.5 Å². The van der Waals surface area contributed by atoms with Gasteiger partial charge in [-0.2, -0.15) is 9.78 Å². The summed E-state index contributed by atoms with van der Waals surface area (Å²) in [5, 5.41) is 16.9. The summed E-state index contributed by atoms with van der Waals surface area (Å²) in [4.78, 5) is 38.1. The van der Waals surface area contributed by atoms with E-state index in [-0.39, 0.29) is 5.69 Å². The van der Waals surface area contributed by atoms with Gasteiger partial charge in [0.2, 0.25) is 0 Å². The average molecular weight is 472 g/mol. The number of benzene rings is 1. The molecule has 3 aromatic heterocycles. The van der Waals surface area contributed by atoms with Gasteiger partial charge in [-0.15, -0.1) is 0 Å². The number of nitrogens with one attached hydrogen (secondary N) is 1. The minimum Gasteiger partial charge on any atom is -0.476 e. The molecule has 0 unspecified atom stereocenters. The fourth-order valence-corrected chi connectivity index (χ4v) is 4.15. The number of hydrogen-bond donors (Lipinski definition) is 2. The van der Waals surface area contributed by atoms with E-state index >= 15 is 0 Å². The summed E-state index contributed by atoms with van der Waals surface area (Å²) in [6.07, 6.45) is 4.97. The molecular formula is C25H25N7O3. The largest absolute Gasteiger partial charge is 0.476 e. The van der Waals surface area contributed by atoms with E-state index in [1.54, 1.807) is 42.9 Å². The Balaban J connectivity index is 1.35. The zero-order valence-corrected chi connectivity index (χ0v) is 19.3. The maximum Gasteiger partial charge on any atom is 0.357 e. The minimum atomic E-state index is -1.21. The molecule has 10 heteroatoms. The zero-order chi connectivity index (χ0) is 24.4. The lowest BCUT2D eigenvalue weighted by molar-refractivity contribution is 0.0692. The molecule has 1 aliphatic heterocycles. The molecule has 0 bridgehead atoms. The number of carbonyl (C=O) groups is 2. The number of aromatic nitrogens is 4. The summed E-state index contributed by atoms with van der Waals surface area (Å²) < 4.78 is 1.07. The molecule has 35 heavy (non-hydrogen) atoms. The molecule has 0 radical (unpaired) electrons. The van der Waals surface area contributed by atoms with Crippen LogP contribution < -0.4 is 5.32 Å². The average Bonchev–Trinajstić information content (AvgIpc) is 3.27. The van der Waals surface area contributed by atoms with Gasteiger partial charge in [0.25, 0.3) is 0 Å². The molecule has 2 N–H and O–H groups in total. The Morgan fingerprint density at radius 1 is 1.03 bits per heavy atom. The van der Waals surface area contributed by atoms with Crippen molar-refractivity contribution in [3.63, 3.8) is 0 Å². The van der Waals surface area contributed by atoms with Crippen LogP contribution in [0.15, 0.2) is 61.1 Å². The number of fused-ring (bicyclic) bond motifs is 1. The summed E-state index contributed by atoms with van der Waals surface area (Å²) in [6.45, 7) is 4.82. The molecule has 1 fully saturated rings. The third-order valence-corrected chi connectivity index (χ3v) is 6.13. The van der Waals surface area contributed by atoms with Crippen molar-refractivity contribution < 1.29 is 14.7 Å². The molecule has 178 valence electrons. The lowest BCUT2D eigenvalue weighted by atomic mass is 10.0. The van der Waals surface area contributed by atoms with Crippen LogP contribution in [-0.4, -0.2) is 79.9 Å². The van der Waals surface area contributed by atoms with Crippen molar-refractivity contribution in [2.45, 2.75) is 6.54 Å². The summed E-state index contributed by atoms with van der Waals surface area (Å²) in [7, 11) is 2.12. The van der Waals surface area contributed by atoms with Crippen LogP contribution in [0, 0.1) is 0 Å². The highest BCUT2D eigenvalue weighted by atomic mass is 16.4. The lowest BCUT2D eigenvalue weighted by Gasteiger charge is -2.32. The standard InChI is InChI=1S/C25H25N7O3/c1-30-9-11-31(12-10-30)16-20-6-5-19(15-27-20)28-25(35)32-22-7-4-17(18-3-2-8-26-14-18)13-21(22)23(29-32)24(33)34/h2-8,13-15H,9-12,16H2,1H3,(H,28,35)(H,33,34). The monoisotopic (exact) mass is 471 g/mol. The number of hydrogen-bond acceptors (Lipinski definition) is 7. The molecule has 1 saturated heterocycles. The van der Waals surface area contributed by atoms with Gasteiger partial charge in [-0.05, 0) is 42.9 Å². The van der Waals surface area contributed by atoms with Crippen molar-refractivity contribution in [1.29, 1.82) is 0 Å². The number of carbonyl (C=O) groups excluding carboxylic acids is 1. The van der Waals surface area contributed by atoms with Crippen LogP contribution in [0.5, 0.6) is 0 Å². The summed E-state index contributed by atoms with van der Waals surface area (Å²) >= 11 is 0. The highest BCUT2D eigenvalue weighted by Crippen LogP contribution is 2.26. The number of rotatable bonds is 5. The number of aromatic carboxylic acids is 1. The molecule has 10 nitrogen and oxygen atoms in total. The summed E-state index contributed by atoms with van der Waals surface area (Å²) in [5.74, 6) is -1.21. The van der Waals surface area contributed by atoms with Gasteiger partial charge in [-0.1, -0.05) is 12.1 Å². The van der Waals surface area contributed by atoms with Crippen LogP contribution in [0.1, 0.15) is 16.2 Å². The minimum absolute atomic E-state index is 0.193. The van der Waals surface area contributed by atoms with Crippen LogP contribution in [0.25, 0.3) is 22.0 Å². The second kappa shape index (κ2) is 9.61. The molecule has 0 atom stereocenters. The molecule has 0 spiro atoms. The van der Waals surface area contributed by atoms with E-state index in [0.717, 1.165) is 54.2 Å². The van der Waals surface area contributed by atoms with E-state index in [0.29, 0.717) is 16.6 Å². The molecule has 0 aliphatic carbocycles. The maximum absolute atomic E-state index is 13.0. The highest BCUT2D eigenvalue weighted by molar-refractivity contribution is 6.06. The van der Waals surface area contributed by atoms with Crippen molar-refractivity contribution in [2.24, 2.45) is 0 Å². The summed E-state index contributed by atoms with van der Waals surface area (Å²) in [6, 6.07) is 12.0. The third kappa shape index (κ3) is 4.88. The van der Waals surface area contributed by atoms with Gasteiger partial charge in [-0.25, -0.2) is 9.59 Å². The number of carboxylic acids is 1. The SMILES string of the molecule is CN1CCN(Cc2ccc(NC(=O)n3nc(C(=O)O)c4cc(-c5cccnc5)ccc43)cn2)CC1. The van der Waals surface area contributed by atoms with Crippen molar-refractivity contribution >= 4 is 28.6 Å².